The van der Waals surface area contributed by atoms with E-state index in [0.29, 0.717) is 6.42 Å². The normalized spacial score (nSPS) is 12.2. The number of benzene rings is 1. The Hall–Kier alpha value is -1.55. The van der Waals surface area contributed by atoms with Gasteiger partial charge in [-0.25, -0.2) is 0 Å². The molecule has 1 unspecified atom stereocenters. The van der Waals surface area contributed by atoms with Crippen LogP contribution >= 0.6 is 0 Å². The standard InChI is InChI=1S/C16H26N2O2/c1-13(14-6-8-15(17)9-7-14)12-16(20)18(2)10-4-3-5-11-19/h6-9,13,19H,3-5,10-12,17H2,1-2H3. The number of aliphatic hydroxyl groups excluding tert-OH is 1. The van der Waals surface area contributed by atoms with Crippen molar-refractivity contribution >= 4 is 11.6 Å². The topological polar surface area (TPSA) is 66.6 Å². The molecule has 0 aromatic heterocycles. The number of hydrogen-bond donors (Lipinski definition) is 2. The number of aliphatic hydroxyl groups is 1. The van der Waals surface area contributed by atoms with E-state index in [0.717, 1.165) is 37.1 Å². The molecule has 1 rings (SSSR count). The SMILES string of the molecule is CC(CC(=O)N(C)CCCCCO)c1ccc(N)cc1. The fourth-order valence-corrected chi connectivity index (χ4v) is 2.12. The molecule has 1 aromatic carbocycles. The van der Waals surface area contributed by atoms with Gasteiger partial charge in [-0.3, -0.25) is 4.79 Å². The van der Waals surface area contributed by atoms with Gasteiger partial charge in [-0.15, -0.1) is 0 Å². The first-order valence-electron chi connectivity index (χ1n) is 7.25. The molecule has 0 saturated carbocycles. The molecule has 20 heavy (non-hydrogen) atoms. The fraction of sp³-hybridized carbons (Fsp3) is 0.562. The highest BCUT2D eigenvalue weighted by molar-refractivity contribution is 5.76. The number of nitrogens with two attached hydrogens (primary N) is 1. The Morgan fingerprint density at radius 2 is 1.90 bits per heavy atom. The molecule has 0 saturated heterocycles. The van der Waals surface area contributed by atoms with E-state index in [9.17, 15) is 4.79 Å². The Morgan fingerprint density at radius 3 is 2.50 bits per heavy atom. The predicted molar refractivity (Wildman–Crippen MR) is 82.5 cm³/mol. The summed E-state index contributed by atoms with van der Waals surface area (Å²) in [5.41, 5.74) is 7.55. The van der Waals surface area contributed by atoms with E-state index in [-0.39, 0.29) is 18.4 Å². The third-order valence-electron chi connectivity index (χ3n) is 3.56. The van der Waals surface area contributed by atoms with Crippen molar-refractivity contribution in [2.45, 2.75) is 38.5 Å². The first-order chi connectivity index (χ1) is 9.54. The van der Waals surface area contributed by atoms with E-state index < -0.39 is 0 Å². The lowest BCUT2D eigenvalue weighted by Crippen LogP contribution is -2.28. The maximum Gasteiger partial charge on any atom is 0.222 e. The zero-order chi connectivity index (χ0) is 15.0. The Kier molecular flexibility index (Phi) is 7.09. The average Bonchev–Trinajstić information content (AvgIpc) is 2.44. The quantitative estimate of drug-likeness (QED) is 0.567. The van der Waals surface area contributed by atoms with Crippen molar-refractivity contribution in [1.82, 2.24) is 4.90 Å². The molecule has 4 nitrogen and oxygen atoms in total. The highest BCUT2D eigenvalue weighted by Crippen LogP contribution is 2.20. The van der Waals surface area contributed by atoms with E-state index in [1.165, 1.54) is 0 Å². The largest absolute Gasteiger partial charge is 0.399 e. The van der Waals surface area contributed by atoms with E-state index in [4.69, 9.17) is 10.8 Å². The molecule has 0 spiro atoms. The van der Waals surface area contributed by atoms with Crippen LogP contribution in [0.4, 0.5) is 5.69 Å². The second-order valence-corrected chi connectivity index (χ2v) is 5.37. The van der Waals surface area contributed by atoms with Gasteiger partial charge in [0, 0.05) is 32.3 Å². The molecule has 1 atom stereocenters. The van der Waals surface area contributed by atoms with Gasteiger partial charge in [0.15, 0.2) is 0 Å². The van der Waals surface area contributed by atoms with E-state index in [1.54, 1.807) is 4.90 Å². The number of unbranched alkanes of at least 4 members (excludes halogenated alkanes) is 2. The van der Waals surface area contributed by atoms with Crippen LogP contribution in [0, 0.1) is 0 Å². The van der Waals surface area contributed by atoms with Crippen LogP contribution in [-0.4, -0.2) is 36.1 Å². The molecule has 0 aliphatic carbocycles. The number of nitrogens with zero attached hydrogens (tertiary/aromatic N) is 1. The summed E-state index contributed by atoms with van der Waals surface area (Å²) in [6.45, 7) is 3.04. The summed E-state index contributed by atoms with van der Waals surface area (Å²) in [6, 6.07) is 7.70. The van der Waals surface area contributed by atoms with Crippen LogP contribution in [0.25, 0.3) is 0 Å². The minimum absolute atomic E-state index is 0.165. The highest BCUT2D eigenvalue weighted by atomic mass is 16.2. The van der Waals surface area contributed by atoms with Crippen molar-refractivity contribution in [3.8, 4) is 0 Å². The van der Waals surface area contributed by atoms with Gasteiger partial charge in [0.05, 0.1) is 0 Å². The first-order valence-corrected chi connectivity index (χ1v) is 7.25. The Balaban J connectivity index is 2.38. The number of hydrogen-bond acceptors (Lipinski definition) is 3. The lowest BCUT2D eigenvalue weighted by Gasteiger charge is -2.20. The van der Waals surface area contributed by atoms with Crippen LogP contribution in [0.1, 0.15) is 44.1 Å². The summed E-state index contributed by atoms with van der Waals surface area (Å²) in [6.07, 6.45) is 3.23. The van der Waals surface area contributed by atoms with Crippen LogP contribution in [0.2, 0.25) is 0 Å². The summed E-state index contributed by atoms with van der Waals surface area (Å²) in [5, 5.41) is 8.72. The van der Waals surface area contributed by atoms with E-state index in [1.807, 2.05) is 31.3 Å². The zero-order valence-electron chi connectivity index (χ0n) is 12.5. The van der Waals surface area contributed by atoms with E-state index in [2.05, 4.69) is 6.92 Å². The highest BCUT2D eigenvalue weighted by Gasteiger charge is 2.14. The van der Waals surface area contributed by atoms with Crippen LogP contribution in [-0.2, 0) is 4.79 Å². The Morgan fingerprint density at radius 1 is 1.25 bits per heavy atom. The molecule has 0 fully saturated rings. The summed E-state index contributed by atoms with van der Waals surface area (Å²) in [7, 11) is 1.84. The van der Waals surface area contributed by atoms with Crippen molar-refractivity contribution < 1.29 is 9.90 Å². The van der Waals surface area contributed by atoms with Crippen LogP contribution < -0.4 is 5.73 Å². The second-order valence-electron chi connectivity index (χ2n) is 5.37. The molecule has 0 heterocycles. The molecule has 3 N–H and O–H groups in total. The second kappa shape index (κ2) is 8.59. The third kappa shape index (κ3) is 5.61. The monoisotopic (exact) mass is 278 g/mol. The van der Waals surface area contributed by atoms with Crippen molar-refractivity contribution in [2.75, 3.05) is 25.9 Å². The van der Waals surface area contributed by atoms with Crippen LogP contribution in [0.3, 0.4) is 0 Å². The number of carbonyl (C=O) groups is 1. The maximum atomic E-state index is 12.1. The predicted octanol–water partition coefficient (Wildman–Crippen LogP) is 2.38. The zero-order valence-corrected chi connectivity index (χ0v) is 12.5. The summed E-state index contributed by atoms with van der Waals surface area (Å²) >= 11 is 0. The molecular weight excluding hydrogens is 252 g/mol. The fourth-order valence-electron chi connectivity index (χ4n) is 2.12. The smallest absolute Gasteiger partial charge is 0.222 e. The maximum absolute atomic E-state index is 12.1. The van der Waals surface area contributed by atoms with Gasteiger partial charge in [-0.05, 0) is 42.9 Å². The first kappa shape index (κ1) is 16.5. The molecule has 1 amide bonds. The molecule has 0 aliphatic heterocycles. The number of rotatable bonds is 8. The minimum atomic E-state index is 0.165. The van der Waals surface area contributed by atoms with E-state index >= 15 is 0 Å². The molecule has 4 heteroatoms. The third-order valence-corrected chi connectivity index (χ3v) is 3.56. The molecule has 1 aromatic rings. The van der Waals surface area contributed by atoms with Gasteiger partial charge in [0.1, 0.15) is 0 Å². The van der Waals surface area contributed by atoms with Crippen LogP contribution in [0.15, 0.2) is 24.3 Å². The van der Waals surface area contributed by atoms with Crippen molar-refractivity contribution in [1.29, 1.82) is 0 Å². The number of amides is 1. The average molecular weight is 278 g/mol. The minimum Gasteiger partial charge on any atom is -0.399 e. The molecule has 0 radical (unpaired) electrons. The lowest BCUT2D eigenvalue weighted by atomic mass is 9.97. The Labute approximate surface area is 121 Å². The van der Waals surface area contributed by atoms with Gasteiger partial charge in [0.25, 0.3) is 0 Å². The van der Waals surface area contributed by atoms with Crippen molar-refractivity contribution in [3.05, 3.63) is 29.8 Å². The van der Waals surface area contributed by atoms with Crippen molar-refractivity contribution in [2.24, 2.45) is 0 Å². The molecular formula is C16H26N2O2. The number of nitrogen functional groups attached to an aromatic ring is 1. The molecule has 0 bridgehead atoms. The van der Waals surface area contributed by atoms with Crippen molar-refractivity contribution in [3.63, 3.8) is 0 Å². The van der Waals surface area contributed by atoms with Crippen LogP contribution in [0.5, 0.6) is 0 Å². The number of carbonyl (C=O) groups excluding carboxylic acids is 1. The number of anilines is 1. The Bertz CT molecular complexity index is 403. The summed E-state index contributed by atoms with van der Waals surface area (Å²) in [5.74, 6) is 0.362. The molecule has 112 valence electrons. The van der Waals surface area contributed by atoms with Gasteiger partial charge in [0.2, 0.25) is 5.91 Å². The van der Waals surface area contributed by atoms with Gasteiger partial charge < -0.3 is 15.7 Å². The summed E-state index contributed by atoms with van der Waals surface area (Å²) in [4.78, 5) is 13.9. The summed E-state index contributed by atoms with van der Waals surface area (Å²) < 4.78 is 0. The van der Waals surface area contributed by atoms with Gasteiger partial charge in [-0.2, -0.15) is 0 Å². The lowest BCUT2D eigenvalue weighted by molar-refractivity contribution is -0.130. The van der Waals surface area contributed by atoms with Gasteiger partial charge >= 0.3 is 0 Å². The molecule has 0 aliphatic rings. The van der Waals surface area contributed by atoms with Gasteiger partial charge in [-0.1, -0.05) is 19.1 Å².